The number of hydrogen-bond acceptors (Lipinski definition) is 4. The molecular weight excluding hydrogens is 318 g/mol. The maximum atomic E-state index is 12.0. The van der Waals surface area contributed by atoms with Gasteiger partial charge in [-0.1, -0.05) is 31.4 Å². The summed E-state index contributed by atoms with van der Waals surface area (Å²) in [5, 5.41) is 4.10. The first-order chi connectivity index (χ1) is 11.7. The largest absolute Gasteiger partial charge is 0.355 e. The molecule has 0 atom stereocenters. The number of carbonyl (C=O) groups is 1. The Hall–Kier alpha value is -1.46. The van der Waals surface area contributed by atoms with E-state index < -0.39 is 0 Å². The molecule has 0 aliphatic heterocycles. The fourth-order valence-electron chi connectivity index (χ4n) is 3.41. The maximum Gasteiger partial charge on any atom is 0.220 e. The molecule has 1 N–H and O–H groups in total. The Morgan fingerprint density at radius 3 is 2.88 bits per heavy atom. The molecule has 0 bridgehead atoms. The molecule has 1 aliphatic carbocycles. The molecule has 5 heteroatoms. The van der Waals surface area contributed by atoms with Crippen molar-refractivity contribution in [2.45, 2.75) is 51.0 Å². The fourth-order valence-corrected chi connectivity index (χ4v) is 4.38. The molecule has 1 saturated carbocycles. The van der Waals surface area contributed by atoms with Crippen LogP contribution in [0.3, 0.4) is 0 Å². The summed E-state index contributed by atoms with van der Waals surface area (Å²) >= 11 is 1.69. The lowest BCUT2D eigenvalue weighted by molar-refractivity contribution is -0.121. The highest BCUT2D eigenvalue weighted by Gasteiger charge is 2.17. The highest BCUT2D eigenvalue weighted by atomic mass is 32.1. The van der Waals surface area contributed by atoms with Gasteiger partial charge < -0.3 is 10.2 Å². The molecule has 2 aromatic rings. The summed E-state index contributed by atoms with van der Waals surface area (Å²) < 4.78 is 1.20. The third-order valence-corrected chi connectivity index (χ3v) is 5.98. The average Bonchev–Trinajstić information content (AvgIpc) is 3.03. The number of fused-ring (bicyclic) bond motifs is 1. The van der Waals surface area contributed by atoms with Crippen molar-refractivity contribution in [1.82, 2.24) is 15.2 Å². The van der Waals surface area contributed by atoms with Crippen LogP contribution in [0.15, 0.2) is 24.3 Å². The average molecular weight is 346 g/mol. The smallest absolute Gasteiger partial charge is 0.220 e. The quantitative estimate of drug-likeness (QED) is 0.834. The number of amides is 1. The fraction of sp³-hybridized carbons (Fsp3) is 0.579. The summed E-state index contributed by atoms with van der Waals surface area (Å²) in [6, 6.07) is 8.84. The number of nitrogens with zero attached hydrogens (tertiary/aromatic N) is 2. The minimum Gasteiger partial charge on any atom is -0.355 e. The van der Waals surface area contributed by atoms with Crippen LogP contribution in [0.25, 0.3) is 10.2 Å². The molecular formula is C19H27N3OS. The van der Waals surface area contributed by atoms with Gasteiger partial charge in [-0.2, -0.15) is 0 Å². The third-order valence-electron chi connectivity index (χ3n) is 4.89. The van der Waals surface area contributed by atoms with Crippen LogP contribution in [-0.2, 0) is 11.2 Å². The molecule has 0 spiro atoms. The maximum absolute atomic E-state index is 12.0. The SMILES string of the molecule is CN(CCNC(=O)CCc1nc2ccccc2s1)C1CCCCC1. The summed E-state index contributed by atoms with van der Waals surface area (Å²) in [5.41, 5.74) is 1.03. The number of likely N-dealkylation sites (N-methyl/N-ethyl adjacent to an activating group) is 1. The zero-order chi connectivity index (χ0) is 16.8. The predicted molar refractivity (Wildman–Crippen MR) is 100 cm³/mol. The molecule has 0 unspecified atom stereocenters. The molecule has 0 radical (unpaired) electrons. The lowest BCUT2D eigenvalue weighted by Gasteiger charge is -2.31. The number of carbonyl (C=O) groups excluding carboxylic acids is 1. The summed E-state index contributed by atoms with van der Waals surface area (Å²) in [4.78, 5) is 19.0. The minimum atomic E-state index is 0.131. The van der Waals surface area contributed by atoms with Crippen LogP contribution in [0.2, 0.25) is 0 Å². The van der Waals surface area contributed by atoms with Crippen LogP contribution in [0.4, 0.5) is 0 Å². The number of hydrogen-bond donors (Lipinski definition) is 1. The second kappa shape index (κ2) is 8.58. The highest BCUT2D eigenvalue weighted by Crippen LogP contribution is 2.22. The van der Waals surface area contributed by atoms with Crippen LogP contribution in [-0.4, -0.2) is 42.0 Å². The normalized spacial score (nSPS) is 15.9. The van der Waals surface area contributed by atoms with Gasteiger partial charge in [0.2, 0.25) is 5.91 Å². The second-order valence-electron chi connectivity index (χ2n) is 6.70. The number of thiazole rings is 1. The topological polar surface area (TPSA) is 45.2 Å². The Morgan fingerprint density at radius 2 is 2.08 bits per heavy atom. The van der Waals surface area contributed by atoms with Crippen molar-refractivity contribution < 1.29 is 4.79 Å². The summed E-state index contributed by atoms with van der Waals surface area (Å²) in [7, 11) is 2.18. The van der Waals surface area contributed by atoms with E-state index in [9.17, 15) is 4.79 Å². The Balaban J connectivity index is 1.36. The first-order valence-corrected chi connectivity index (χ1v) is 9.85. The molecule has 4 nitrogen and oxygen atoms in total. The first-order valence-electron chi connectivity index (χ1n) is 9.04. The lowest BCUT2D eigenvalue weighted by atomic mass is 9.94. The van der Waals surface area contributed by atoms with Gasteiger partial charge in [-0.3, -0.25) is 4.79 Å². The van der Waals surface area contributed by atoms with E-state index in [2.05, 4.69) is 28.3 Å². The van der Waals surface area contributed by atoms with E-state index in [0.717, 1.165) is 30.0 Å². The van der Waals surface area contributed by atoms with Gasteiger partial charge in [0.05, 0.1) is 15.2 Å². The third kappa shape index (κ3) is 4.77. The van der Waals surface area contributed by atoms with Gasteiger partial charge >= 0.3 is 0 Å². The van der Waals surface area contributed by atoms with Gasteiger partial charge in [0, 0.05) is 32.0 Å². The number of rotatable bonds is 7. The molecule has 1 heterocycles. The Morgan fingerprint density at radius 1 is 1.29 bits per heavy atom. The first kappa shape index (κ1) is 17.4. The molecule has 1 fully saturated rings. The van der Waals surface area contributed by atoms with E-state index in [1.54, 1.807) is 11.3 Å². The van der Waals surface area contributed by atoms with E-state index in [0.29, 0.717) is 12.5 Å². The van der Waals surface area contributed by atoms with Crippen LogP contribution in [0.5, 0.6) is 0 Å². The number of aryl methyl sites for hydroxylation is 1. The highest BCUT2D eigenvalue weighted by molar-refractivity contribution is 7.18. The van der Waals surface area contributed by atoms with Gasteiger partial charge in [0.1, 0.15) is 0 Å². The van der Waals surface area contributed by atoms with Crippen molar-refractivity contribution >= 4 is 27.5 Å². The number of nitrogens with one attached hydrogen (secondary N) is 1. The number of para-hydroxylation sites is 1. The van der Waals surface area contributed by atoms with E-state index in [1.807, 2.05) is 18.2 Å². The molecule has 1 aromatic heterocycles. The predicted octanol–water partition coefficient (Wildman–Crippen LogP) is 3.61. The number of aromatic nitrogens is 1. The monoisotopic (exact) mass is 345 g/mol. The summed E-state index contributed by atoms with van der Waals surface area (Å²) in [5.74, 6) is 0.131. The van der Waals surface area contributed by atoms with Crippen LogP contribution in [0.1, 0.15) is 43.5 Å². The molecule has 1 aromatic carbocycles. The molecule has 3 rings (SSSR count). The van der Waals surface area contributed by atoms with Gasteiger partial charge in [-0.05, 0) is 32.0 Å². The molecule has 1 aliphatic rings. The molecule has 0 saturated heterocycles. The van der Waals surface area contributed by atoms with Crippen LogP contribution >= 0.6 is 11.3 Å². The Bertz CT molecular complexity index is 630. The van der Waals surface area contributed by atoms with Crippen molar-refractivity contribution in [2.75, 3.05) is 20.1 Å². The lowest BCUT2D eigenvalue weighted by Crippen LogP contribution is -2.39. The van der Waals surface area contributed by atoms with Crippen molar-refractivity contribution in [1.29, 1.82) is 0 Å². The van der Waals surface area contributed by atoms with Gasteiger partial charge in [0.25, 0.3) is 0 Å². The van der Waals surface area contributed by atoms with Crippen LogP contribution < -0.4 is 5.32 Å². The van der Waals surface area contributed by atoms with Gasteiger partial charge in [-0.15, -0.1) is 11.3 Å². The summed E-state index contributed by atoms with van der Waals surface area (Å²) in [6.45, 7) is 1.68. The van der Waals surface area contributed by atoms with Crippen molar-refractivity contribution in [3.63, 3.8) is 0 Å². The minimum absolute atomic E-state index is 0.131. The number of benzene rings is 1. The zero-order valence-electron chi connectivity index (χ0n) is 14.5. The van der Waals surface area contributed by atoms with Crippen molar-refractivity contribution in [3.05, 3.63) is 29.3 Å². The van der Waals surface area contributed by atoms with E-state index >= 15 is 0 Å². The van der Waals surface area contributed by atoms with Gasteiger partial charge in [0.15, 0.2) is 0 Å². The van der Waals surface area contributed by atoms with E-state index in [1.165, 1.54) is 36.8 Å². The Kier molecular flexibility index (Phi) is 6.21. The van der Waals surface area contributed by atoms with Crippen LogP contribution in [0, 0.1) is 0 Å². The molecule has 1 amide bonds. The molecule has 24 heavy (non-hydrogen) atoms. The molecule has 130 valence electrons. The second-order valence-corrected chi connectivity index (χ2v) is 7.81. The van der Waals surface area contributed by atoms with E-state index in [-0.39, 0.29) is 5.91 Å². The standard InChI is InChI=1S/C19H27N3OS/c1-22(15-7-3-2-4-8-15)14-13-20-18(23)11-12-19-21-16-9-5-6-10-17(16)24-19/h5-6,9-10,15H,2-4,7-8,11-14H2,1H3,(H,20,23). The van der Waals surface area contributed by atoms with Crippen molar-refractivity contribution in [2.24, 2.45) is 0 Å². The Labute approximate surface area is 148 Å². The van der Waals surface area contributed by atoms with E-state index in [4.69, 9.17) is 0 Å². The van der Waals surface area contributed by atoms with Crippen molar-refractivity contribution in [3.8, 4) is 0 Å². The summed E-state index contributed by atoms with van der Waals surface area (Å²) in [6.07, 6.45) is 7.95. The zero-order valence-corrected chi connectivity index (χ0v) is 15.3. The van der Waals surface area contributed by atoms with Gasteiger partial charge in [-0.25, -0.2) is 4.98 Å².